The number of oxime groups is 1. The first-order chi connectivity index (χ1) is 14.7. The van der Waals surface area contributed by atoms with Crippen LogP contribution in [0.4, 0.5) is 4.79 Å². The number of amides is 1. The van der Waals surface area contributed by atoms with Gasteiger partial charge in [0, 0.05) is 5.92 Å². The number of esters is 1. The number of carbonyl (C=O) groups is 2. The molecular formula is C23H25ClN2O5. The van der Waals surface area contributed by atoms with Gasteiger partial charge in [-0.3, -0.25) is 4.79 Å². The number of carbonyl (C=O) groups excluding carboxylic acids is 2. The van der Waals surface area contributed by atoms with Crippen molar-refractivity contribution in [2.75, 3.05) is 6.61 Å². The Morgan fingerprint density at radius 3 is 2.16 bits per heavy atom. The average molecular weight is 445 g/mol. The Hall–Kier alpha value is -3.06. The van der Waals surface area contributed by atoms with Crippen LogP contribution in [0.2, 0.25) is 0 Å². The van der Waals surface area contributed by atoms with Crippen molar-refractivity contribution in [3.63, 3.8) is 0 Å². The molecule has 0 spiro atoms. The molecule has 0 bridgehead atoms. The van der Waals surface area contributed by atoms with E-state index in [0.717, 1.165) is 22.3 Å². The third-order valence-electron chi connectivity index (χ3n) is 4.81. The summed E-state index contributed by atoms with van der Waals surface area (Å²) in [5.41, 5.74) is 3.69. The fourth-order valence-electron chi connectivity index (χ4n) is 3.60. The summed E-state index contributed by atoms with van der Waals surface area (Å²) in [6.07, 6.45) is -1.08. The molecule has 0 unspecified atom stereocenters. The predicted molar refractivity (Wildman–Crippen MR) is 118 cm³/mol. The SMILES string of the molecule is CC(C)(C)OC(=O)C[C@H](NC(=O)OCC1c2ccccc2-c2ccccc21)C(Cl)=NO. The summed E-state index contributed by atoms with van der Waals surface area (Å²) in [7, 11) is 0. The largest absolute Gasteiger partial charge is 0.460 e. The fourth-order valence-corrected chi connectivity index (χ4v) is 3.73. The van der Waals surface area contributed by atoms with Gasteiger partial charge in [0.25, 0.3) is 0 Å². The third-order valence-corrected chi connectivity index (χ3v) is 5.15. The lowest BCUT2D eigenvalue weighted by Gasteiger charge is -2.22. The van der Waals surface area contributed by atoms with Crippen molar-refractivity contribution in [2.24, 2.45) is 5.16 Å². The van der Waals surface area contributed by atoms with Gasteiger partial charge in [-0.05, 0) is 43.0 Å². The highest BCUT2D eigenvalue weighted by molar-refractivity contribution is 6.66. The van der Waals surface area contributed by atoms with E-state index >= 15 is 0 Å². The molecule has 2 N–H and O–H groups in total. The summed E-state index contributed by atoms with van der Waals surface area (Å²) >= 11 is 5.87. The number of hydrogen-bond acceptors (Lipinski definition) is 6. The van der Waals surface area contributed by atoms with Gasteiger partial charge in [0.15, 0.2) is 5.17 Å². The minimum absolute atomic E-state index is 0.104. The smallest absolute Gasteiger partial charge is 0.407 e. The van der Waals surface area contributed by atoms with Crippen molar-refractivity contribution in [3.05, 3.63) is 59.7 Å². The zero-order chi connectivity index (χ0) is 22.6. The lowest BCUT2D eigenvalue weighted by atomic mass is 9.98. The van der Waals surface area contributed by atoms with E-state index in [1.165, 1.54) is 0 Å². The number of nitrogens with one attached hydrogen (secondary N) is 1. The standard InChI is InChI=1S/C23H25ClN2O5/c1-23(2,3)31-20(27)12-19(21(24)26-29)25-22(28)30-13-18-16-10-6-4-8-14(16)15-9-5-7-11-17(15)18/h4-11,18-19,29H,12-13H2,1-3H3,(H,25,28)/t19-/m0/s1. The molecule has 164 valence electrons. The van der Waals surface area contributed by atoms with Gasteiger partial charge in [0.1, 0.15) is 12.2 Å². The van der Waals surface area contributed by atoms with Crippen molar-refractivity contribution in [2.45, 2.75) is 44.8 Å². The molecule has 1 atom stereocenters. The number of halogens is 1. The maximum atomic E-state index is 12.4. The Bertz CT molecular complexity index is 954. The van der Waals surface area contributed by atoms with Crippen LogP contribution in [0.25, 0.3) is 11.1 Å². The summed E-state index contributed by atoms with van der Waals surface area (Å²) in [6.45, 7) is 5.27. The van der Waals surface area contributed by atoms with E-state index in [4.69, 9.17) is 26.3 Å². The number of alkyl carbamates (subject to hydrolysis) is 1. The number of hydrogen-bond donors (Lipinski definition) is 2. The van der Waals surface area contributed by atoms with Crippen molar-refractivity contribution < 1.29 is 24.3 Å². The Morgan fingerprint density at radius 2 is 1.65 bits per heavy atom. The van der Waals surface area contributed by atoms with Gasteiger partial charge in [-0.25, -0.2) is 4.79 Å². The highest BCUT2D eigenvalue weighted by atomic mass is 35.5. The van der Waals surface area contributed by atoms with Crippen molar-refractivity contribution in [3.8, 4) is 11.1 Å². The van der Waals surface area contributed by atoms with Gasteiger partial charge in [0.2, 0.25) is 0 Å². The zero-order valence-corrected chi connectivity index (χ0v) is 18.3. The second-order valence-electron chi connectivity index (χ2n) is 8.24. The molecule has 3 rings (SSSR count). The number of ether oxygens (including phenoxy) is 2. The highest BCUT2D eigenvalue weighted by Crippen LogP contribution is 2.44. The summed E-state index contributed by atoms with van der Waals surface area (Å²) in [5, 5.41) is 14.0. The van der Waals surface area contributed by atoms with E-state index in [9.17, 15) is 9.59 Å². The second-order valence-corrected chi connectivity index (χ2v) is 8.62. The van der Waals surface area contributed by atoms with E-state index in [1.54, 1.807) is 20.8 Å². The van der Waals surface area contributed by atoms with Crippen LogP contribution in [0.5, 0.6) is 0 Å². The molecule has 0 aliphatic heterocycles. The molecule has 0 aromatic heterocycles. The van der Waals surface area contributed by atoms with Gasteiger partial charge in [-0.1, -0.05) is 65.3 Å². The van der Waals surface area contributed by atoms with E-state index in [0.29, 0.717) is 0 Å². The maximum Gasteiger partial charge on any atom is 0.407 e. The fraction of sp³-hybridized carbons (Fsp3) is 0.348. The number of benzene rings is 2. The second kappa shape index (κ2) is 9.39. The van der Waals surface area contributed by atoms with Crippen LogP contribution in [-0.2, 0) is 14.3 Å². The number of nitrogens with zero attached hydrogens (tertiary/aromatic N) is 1. The van der Waals surface area contributed by atoms with Crippen LogP contribution in [0, 0.1) is 0 Å². The molecule has 2 aromatic rings. The average Bonchev–Trinajstić information content (AvgIpc) is 3.03. The molecule has 2 aromatic carbocycles. The Kier molecular flexibility index (Phi) is 6.85. The molecule has 31 heavy (non-hydrogen) atoms. The normalized spacial score (nSPS) is 14.4. The van der Waals surface area contributed by atoms with Crippen LogP contribution in [0.3, 0.4) is 0 Å². The minimum atomic E-state index is -1.07. The summed E-state index contributed by atoms with van der Waals surface area (Å²) in [5.74, 6) is -0.706. The molecule has 7 nitrogen and oxygen atoms in total. The molecule has 0 fully saturated rings. The molecule has 0 heterocycles. The lowest BCUT2D eigenvalue weighted by molar-refractivity contribution is -0.154. The van der Waals surface area contributed by atoms with Crippen molar-refractivity contribution in [1.29, 1.82) is 0 Å². The third kappa shape index (κ3) is 5.55. The molecule has 1 aliphatic rings. The maximum absolute atomic E-state index is 12.4. The van der Waals surface area contributed by atoms with Crippen LogP contribution in [0.1, 0.15) is 44.2 Å². The van der Waals surface area contributed by atoms with Gasteiger partial charge in [-0.15, -0.1) is 0 Å². The van der Waals surface area contributed by atoms with Crippen LogP contribution >= 0.6 is 11.6 Å². The Labute approximate surface area is 186 Å². The molecule has 0 saturated heterocycles. The number of rotatable bonds is 6. The first-order valence-electron chi connectivity index (χ1n) is 9.90. The summed E-state index contributed by atoms with van der Waals surface area (Å²) in [4.78, 5) is 24.5. The Balaban J connectivity index is 1.66. The van der Waals surface area contributed by atoms with E-state index in [-0.39, 0.29) is 24.1 Å². The molecule has 1 amide bonds. The van der Waals surface area contributed by atoms with Crippen molar-refractivity contribution >= 4 is 28.8 Å². The molecular weight excluding hydrogens is 420 g/mol. The number of fused-ring (bicyclic) bond motifs is 3. The zero-order valence-electron chi connectivity index (χ0n) is 17.6. The topological polar surface area (TPSA) is 97.2 Å². The minimum Gasteiger partial charge on any atom is -0.460 e. The van der Waals surface area contributed by atoms with Gasteiger partial charge in [-0.2, -0.15) is 0 Å². The Morgan fingerprint density at radius 1 is 1.10 bits per heavy atom. The quantitative estimate of drug-likeness (QED) is 0.292. The van der Waals surface area contributed by atoms with Crippen molar-refractivity contribution in [1.82, 2.24) is 5.32 Å². The first-order valence-corrected chi connectivity index (χ1v) is 10.3. The van der Waals surface area contributed by atoms with E-state index < -0.39 is 23.7 Å². The van der Waals surface area contributed by atoms with Crippen LogP contribution in [0.15, 0.2) is 53.7 Å². The summed E-state index contributed by atoms with van der Waals surface area (Å²) in [6, 6.07) is 14.9. The predicted octanol–water partition coefficient (Wildman–Crippen LogP) is 4.65. The van der Waals surface area contributed by atoms with Gasteiger partial charge in [0.05, 0.1) is 12.5 Å². The van der Waals surface area contributed by atoms with Gasteiger partial charge >= 0.3 is 12.1 Å². The van der Waals surface area contributed by atoms with Crippen LogP contribution in [-0.4, -0.2) is 40.7 Å². The van der Waals surface area contributed by atoms with Crippen LogP contribution < -0.4 is 5.32 Å². The lowest BCUT2D eigenvalue weighted by Crippen LogP contribution is -2.42. The monoisotopic (exact) mass is 444 g/mol. The highest BCUT2D eigenvalue weighted by Gasteiger charge is 2.30. The molecule has 0 radical (unpaired) electrons. The van der Waals surface area contributed by atoms with E-state index in [2.05, 4.69) is 10.5 Å². The van der Waals surface area contributed by atoms with E-state index in [1.807, 2.05) is 48.5 Å². The molecule has 8 heteroatoms. The van der Waals surface area contributed by atoms with Gasteiger partial charge < -0.3 is 20.0 Å². The summed E-state index contributed by atoms with van der Waals surface area (Å²) < 4.78 is 10.7. The molecule has 1 aliphatic carbocycles. The first kappa shape index (κ1) is 22.6. The molecule has 0 saturated carbocycles.